The summed E-state index contributed by atoms with van der Waals surface area (Å²) in [7, 11) is 0. The third-order valence-corrected chi connectivity index (χ3v) is 4.01. The molecule has 18 heavy (non-hydrogen) atoms. The van der Waals surface area contributed by atoms with Crippen LogP contribution in [0.1, 0.15) is 0 Å². The van der Waals surface area contributed by atoms with Crippen molar-refractivity contribution in [3.05, 3.63) is 58.6 Å². The van der Waals surface area contributed by atoms with Crippen LogP contribution in [0, 0.1) is 0 Å². The summed E-state index contributed by atoms with van der Waals surface area (Å²) in [4.78, 5) is 1.09. The average Bonchev–Trinajstić information content (AvgIpc) is 2.35. The molecule has 0 radical (unpaired) electrons. The summed E-state index contributed by atoms with van der Waals surface area (Å²) in [6.45, 7) is 0. The van der Waals surface area contributed by atoms with E-state index in [1.54, 1.807) is 12.1 Å². The highest BCUT2D eigenvalue weighted by Gasteiger charge is 2.03. The summed E-state index contributed by atoms with van der Waals surface area (Å²) in [5.41, 5.74) is 0.831. The Bertz CT molecular complexity index is 558. The van der Waals surface area contributed by atoms with Gasteiger partial charge in [0.1, 0.15) is 4.32 Å². The third kappa shape index (κ3) is 3.89. The normalized spacial score (nSPS) is 10.1. The van der Waals surface area contributed by atoms with E-state index in [1.807, 2.05) is 36.4 Å². The number of anilines is 1. The first-order valence-corrected chi connectivity index (χ1v) is 7.12. The highest BCUT2D eigenvalue weighted by Crippen LogP contribution is 2.26. The fourth-order valence-corrected chi connectivity index (χ4v) is 2.69. The average molecular weight is 314 g/mol. The molecule has 1 nitrogen and oxygen atoms in total. The molecule has 2 rings (SSSR count). The van der Waals surface area contributed by atoms with Crippen molar-refractivity contribution < 1.29 is 0 Å². The van der Waals surface area contributed by atoms with Crippen LogP contribution in [0.5, 0.6) is 0 Å². The maximum absolute atomic E-state index is 5.94. The van der Waals surface area contributed by atoms with Gasteiger partial charge in [-0.15, -0.1) is 0 Å². The zero-order valence-electron chi connectivity index (χ0n) is 9.19. The minimum Gasteiger partial charge on any atom is -0.341 e. The third-order valence-electron chi connectivity index (χ3n) is 2.12. The summed E-state index contributed by atoms with van der Waals surface area (Å²) < 4.78 is 0.666. The second-order valence-corrected chi connectivity index (χ2v) is 6.02. The van der Waals surface area contributed by atoms with Crippen molar-refractivity contribution >= 4 is 57.2 Å². The molecule has 2 aromatic rings. The number of hydrogen-bond acceptors (Lipinski definition) is 2. The van der Waals surface area contributed by atoms with E-state index in [2.05, 4.69) is 5.32 Å². The highest BCUT2D eigenvalue weighted by molar-refractivity contribution is 8.23. The molecule has 92 valence electrons. The Kier molecular flexibility index (Phi) is 4.89. The Balaban J connectivity index is 2.01. The van der Waals surface area contributed by atoms with Crippen molar-refractivity contribution in [1.82, 2.24) is 0 Å². The van der Waals surface area contributed by atoms with Crippen LogP contribution in [0.3, 0.4) is 0 Å². The van der Waals surface area contributed by atoms with E-state index < -0.39 is 0 Å². The van der Waals surface area contributed by atoms with Crippen LogP contribution in [0.25, 0.3) is 0 Å². The number of thiocarbonyl (C=S) groups is 1. The van der Waals surface area contributed by atoms with Gasteiger partial charge in [-0.3, -0.25) is 0 Å². The molecule has 0 bridgehead atoms. The van der Waals surface area contributed by atoms with Gasteiger partial charge in [0.15, 0.2) is 0 Å². The van der Waals surface area contributed by atoms with Gasteiger partial charge in [-0.25, -0.2) is 0 Å². The van der Waals surface area contributed by atoms with Crippen LogP contribution < -0.4 is 5.32 Å². The number of thioether (sulfide) groups is 1. The van der Waals surface area contributed by atoms with Gasteiger partial charge in [-0.05, 0) is 30.3 Å². The van der Waals surface area contributed by atoms with Gasteiger partial charge in [0.2, 0.25) is 0 Å². The molecule has 0 saturated heterocycles. The molecule has 0 unspecified atom stereocenters. The Morgan fingerprint density at radius 2 is 1.72 bits per heavy atom. The fourth-order valence-electron chi connectivity index (χ4n) is 1.31. The molecule has 0 amide bonds. The van der Waals surface area contributed by atoms with Crippen molar-refractivity contribution in [2.45, 2.75) is 4.90 Å². The molecular formula is C13H9Cl2NS2. The quantitative estimate of drug-likeness (QED) is 0.582. The zero-order chi connectivity index (χ0) is 13.0. The minimum absolute atomic E-state index is 0.508. The van der Waals surface area contributed by atoms with Gasteiger partial charge in [0, 0.05) is 10.6 Å². The molecule has 1 N–H and O–H groups in total. The van der Waals surface area contributed by atoms with E-state index in [-0.39, 0.29) is 0 Å². The topological polar surface area (TPSA) is 12.0 Å². The molecular weight excluding hydrogens is 305 g/mol. The number of benzene rings is 2. The van der Waals surface area contributed by atoms with Gasteiger partial charge in [-0.1, -0.05) is 65.4 Å². The summed E-state index contributed by atoms with van der Waals surface area (Å²) in [5, 5.41) is 4.15. The number of rotatable bonds is 2. The lowest BCUT2D eigenvalue weighted by atomic mass is 10.3. The van der Waals surface area contributed by atoms with Gasteiger partial charge in [0.25, 0.3) is 0 Å². The van der Waals surface area contributed by atoms with E-state index in [0.717, 1.165) is 10.6 Å². The molecule has 0 fully saturated rings. The summed E-state index contributed by atoms with van der Waals surface area (Å²) in [6, 6.07) is 15.3. The number of nitrogens with one attached hydrogen (secondary N) is 1. The Hall–Kier alpha value is -0.740. The molecule has 0 atom stereocenters. The van der Waals surface area contributed by atoms with E-state index >= 15 is 0 Å². The molecule has 0 aliphatic heterocycles. The maximum atomic E-state index is 5.94. The van der Waals surface area contributed by atoms with Crippen molar-refractivity contribution in [2.24, 2.45) is 0 Å². The smallest absolute Gasteiger partial charge is 0.143 e. The highest BCUT2D eigenvalue weighted by atomic mass is 35.5. The first-order valence-electron chi connectivity index (χ1n) is 5.14. The van der Waals surface area contributed by atoms with Gasteiger partial charge >= 0.3 is 0 Å². The molecule has 5 heteroatoms. The van der Waals surface area contributed by atoms with Gasteiger partial charge < -0.3 is 5.32 Å². The molecule has 0 aromatic heterocycles. The monoisotopic (exact) mass is 313 g/mol. The lowest BCUT2D eigenvalue weighted by molar-refractivity contribution is 1.48. The molecule has 0 heterocycles. The predicted molar refractivity (Wildman–Crippen MR) is 85.0 cm³/mol. The first-order chi connectivity index (χ1) is 8.65. The molecule has 0 aliphatic carbocycles. The van der Waals surface area contributed by atoms with Crippen molar-refractivity contribution in [3.8, 4) is 0 Å². The maximum Gasteiger partial charge on any atom is 0.143 e. The Morgan fingerprint density at radius 3 is 2.39 bits per heavy atom. The van der Waals surface area contributed by atoms with Crippen LogP contribution in [0.15, 0.2) is 53.4 Å². The largest absolute Gasteiger partial charge is 0.341 e. The van der Waals surface area contributed by atoms with E-state index in [9.17, 15) is 0 Å². The SMILES string of the molecule is S=C(Nc1ccc(Cl)c(Cl)c1)Sc1ccccc1. The van der Waals surface area contributed by atoms with Crippen molar-refractivity contribution in [2.75, 3.05) is 5.32 Å². The lowest BCUT2D eigenvalue weighted by Crippen LogP contribution is -2.03. The second kappa shape index (κ2) is 6.43. The Morgan fingerprint density at radius 1 is 1.00 bits per heavy atom. The number of halogens is 2. The number of hydrogen-bond donors (Lipinski definition) is 1. The fraction of sp³-hybridized carbons (Fsp3) is 0. The van der Waals surface area contributed by atoms with E-state index in [4.69, 9.17) is 35.4 Å². The zero-order valence-corrected chi connectivity index (χ0v) is 12.3. The molecule has 0 spiro atoms. The molecule has 0 aliphatic rings. The standard InChI is InChI=1S/C13H9Cl2NS2/c14-11-7-6-9(8-12(11)15)16-13(17)18-10-4-2-1-3-5-10/h1-8H,(H,16,17). The summed E-state index contributed by atoms with van der Waals surface area (Å²) >= 11 is 18.5. The van der Waals surface area contributed by atoms with Crippen LogP contribution in [0.4, 0.5) is 5.69 Å². The first kappa shape index (κ1) is 13.7. The van der Waals surface area contributed by atoms with Crippen molar-refractivity contribution in [1.29, 1.82) is 0 Å². The van der Waals surface area contributed by atoms with Crippen molar-refractivity contribution in [3.63, 3.8) is 0 Å². The Labute approximate surface area is 125 Å². The summed E-state index contributed by atoms with van der Waals surface area (Å²) in [5.74, 6) is 0. The van der Waals surface area contributed by atoms with Crippen LogP contribution >= 0.6 is 47.2 Å². The van der Waals surface area contributed by atoms with Crippen LogP contribution in [-0.4, -0.2) is 4.32 Å². The van der Waals surface area contributed by atoms with Crippen LogP contribution in [0.2, 0.25) is 10.0 Å². The lowest BCUT2D eigenvalue weighted by Gasteiger charge is -2.08. The van der Waals surface area contributed by atoms with Crippen LogP contribution in [-0.2, 0) is 0 Å². The van der Waals surface area contributed by atoms with E-state index in [0.29, 0.717) is 14.4 Å². The minimum atomic E-state index is 0.508. The second-order valence-electron chi connectivity index (χ2n) is 3.46. The summed E-state index contributed by atoms with van der Waals surface area (Å²) in [6.07, 6.45) is 0. The van der Waals surface area contributed by atoms with E-state index in [1.165, 1.54) is 11.8 Å². The van der Waals surface area contributed by atoms with Gasteiger partial charge in [0.05, 0.1) is 10.0 Å². The van der Waals surface area contributed by atoms with Gasteiger partial charge in [-0.2, -0.15) is 0 Å². The predicted octanol–water partition coefficient (Wildman–Crippen LogP) is 5.48. The molecule has 0 saturated carbocycles. The molecule has 2 aromatic carbocycles.